The molecule has 7 nitrogen and oxygen atoms in total. The van der Waals surface area contributed by atoms with Crippen LogP contribution in [-0.4, -0.2) is 64.6 Å². The molecule has 1 N–H and O–H groups in total. The average Bonchev–Trinajstić information content (AvgIpc) is 3.12. The molecule has 2 aliphatic rings. The smallest absolute Gasteiger partial charge is 0.246 e. The van der Waals surface area contributed by atoms with Crippen molar-refractivity contribution in [3.8, 4) is 0 Å². The van der Waals surface area contributed by atoms with E-state index in [1.165, 1.54) is 11.6 Å². The third-order valence-electron chi connectivity index (χ3n) is 5.53. The van der Waals surface area contributed by atoms with Gasteiger partial charge in [-0.05, 0) is 37.3 Å². The number of ether oxygens (including phenoxy) is 1. The Morgan fingerprint density at radius 1 is 1.35 bits per heavy atom. The topological polar surface area (TPSA) is 74.4 Å². The molecule has 0 radical (unpaired) electrons. The number of fused-ring (bicyclic) bond motifs is 1. The first-order valence-electron chi connectivity index (χ1n) is 9.26. The SMILES string of the molecule is C=CC(=O)N1CCN(c2ncnc3[nH]cc(C4CCOCC4)c23)[C@H](C)C1. The lowest BCUT2D eigenvalue weighted by molar-refractivity contribution is -0.126. The van der Waals surface area contributed by atoms with E-state index in [-0.39, 0.29) is 11.9 Å². The van der Waals surface area contributed by atoms with E-state index < -0.39 is 0 Å². The lowest BCUT2D eigenvalue weighted by atomic mass is 9.91. The molecule has 0 aliphatic carbocycles. The minimum absolute atomic E-state index is 0.00567. The molecule has 26 heavy (non-hydrogen) atoms. The van der Waals surface area contributed by atoms with Crippen LogP contribution < -0.4 is 4.90 Å². The number of aromatic amines is 1. The molecule has 0 aromatic carbocycles. The highest BCUT2D eigenvalue weighted by Gasteiger charge is 2.30. The molecule has 2 saturated heterocycles. The van der Waals surface area contributed by atoms with Crippen LogP contribution in [0.5, 0.6) is 0 Å². The number of nitrogens with one attached hydrogen (secondary N) is 1. The minimum Gasteiger partial charge on any atom is -0.381 e. The van der Waals surface area contributed by atoms with Crippen molar-refractivity contribution in [2.45, 2.75) is 31.7 Å². The Hall–Kier alpha value is -2.41. The highest BCUT2D eigenvalue weighted by Crippen LogP contribution is 2.36. The summed E-state index contributed by atoms with van der Waals surface area (Å²) in [6.07, 6.45) is 7.15. The molecule has 0 spiro atoms. The van der Waals surface area contributed by atoms with Crippen molar-refractivity contribution in [2.75, 3.05) is 37.7 Å². The number of H-pyrrole nitrogens is 1. The number of piperazine rings is 1. The van der Waals surface area contributed by atoms with Crippen LogP contribution in [0.1, 0.15) is 31.2 Å². The Morgan fingerprint density at radius 2 is 2.15 bits per heavy atom. The number of aromatic nitrogens is 3. The summed E-state index contributed by atoms with van der Waals surface area (Å²) in [7, 11) is 0. The number of carbonyl (C=O) groups is 1. The van der Waals surface area contributed by atoms with E-state index in [2.05, 4.69) is 39.6 Å². The van der Waals surface area contributed by atoms with Crippen LogP contribution >= 0.6 is 0 Å². The summed E-state index contributed by atoms with van der Waals surface area (Å²) in [5, 5.41) is 1.12. The Bertz CT molecular complexity index is 811. The maximum Gasteiger partial charge on any atom is 0.246 e. The molecule has 2 aliphatic heterocycles. The summed E-state index contributed by atoms with van der Waals surface area (Å²) in [5.41, 5.74) is 2.17. The number of hydrogen-bond donors (Lipinski definition) is 1. The van der Waals surface area contributed by atoms with Gasteiger partial charge in [0.2, 0.25) is 5.91 Å². The van der Waals surface area contributed by atoms with Crippen LogP contribution in [0.4, 0.5) is 5.82 Å². The zero-order chi connectivity index (χ0) is 18.1. The highest BCUT2D eigenvalue weighted by molar-refractivity contribution is 5.92. The van der Waals surface area contributed by atoms with E-state index in [0.717, 1.165) is 49.5 Å². The van der Waals surface area contributed by atoms with Gasteiger partial charge in [-0.1, -0.05) is 6.58 Å². The fourth-order valence-corrected chi connectivity index (χ4v) is 4.12. The second-order valence-corrected chi connectivity index (χ2v) is 7.08. The van der Waals surface area contributed by atoms with Gasteiger partial charge in [0.25, 0.3) is 0 Å². The van der Waals surface area contributed by atoms with Crippen LogP contribution in [0, 0.1) is 0 Å². The van der Waals surface area contributed by atoms with Crippen LogP contribution in [0.2, 0.25) is 0 Å². The van der Waals surface area contributed by atoms with Crippen LogP contribution in [0.3, 0.4) is 0 Å². The number of anilines is 1. The largest absolute Gasteiger partial charge is 0.381 e. The fraction of sp³-hybridized carbons (Fsp3) is 0.526. The number of carbonyl (C=O) groups excluding carboxylic acids is 1. The molecule has 138 valence electrons. The van der Waals surface area contributed by atoms with Crippen LogP contribution in [-0.2, 0) is 9.53 Å². The van der Waals surface area contributed by atoms with Gasteiger partial charge < -0.3 is 19.5 Å². The minimum atomic E-state index is -0.00567. The summed E-state index contributed by atoms with van der Waals surface area (Å²) in [6.45, 7) is 9.45. The monoisotopic (exact) mass is 355 g/mol. The number of nitrogens with zero attached hydrogens (tertiary/aromatic N) is 4. The van der Waals surface area contributed by atoms with E-state index in [9.17, 15) is 4.79 Å². The predicted octanol–water partition coefficient (Wildman–Crippen LogP) is 2.07. The molecule has 4 heterocycles. The lowest BCUT2D eigenvalue weighted by Gasteiger charge is -2.40. The second kappa shape index (κ2) is 7.07. The number of amides is 1. The van der Waals surface area contributed by atoms with Gasteiger partial charge in [-0.15, -0.1) is 0 Å². The second-order valence-electron chi connectivity index (χ2n) is 7.08. The van der Waals surface area contributed by atoms with E-state index in [0.29, 0.717) is 19.0 Å². The summed E-state index contributed by atoms with van der Waals surface area (Å²) in [4.78, 5) is 28.5. The van der Waals surface area contributed by atoms with Crippen molar-refractivity contribution in [1.82, 2.24) is 19.9 Å². The summed E-state index contributed by atoms with van der Waals surface area (Å²) in [5.74, 6) is 1.44. The maximum absolute atomic E-state index is 11.9. The molecule has 1 atom stereocenters. The van der Waals surface area contributed by atoms with E-state index in [1.807, 2.05) is 4.90 Å². The van der Waals surface area contributed by atoms with Crippen molar-refractivity contribution in [1.29, 1.82) is 0 Å². The van der Waals surface area contributed by atoms with Gasteiger partial charge >= 0.3 is 0 Å². The molecule has 4 rings (SSSR count). The molecule has 2 fully saturated rings. The van der Waals surface area contributed by atoms with Crippen molar-refractivity contribution < 1.29 is 9.53 Å². The first-order valence-corrected chi connectivity index (χ1v) is 9.26. The molecule has 2 aromatic rings. The van der Waals surface area contributed by atoms with E-state index in [4.69, 9.17) is 4.74 Å². The summed E-state index contributed by atoms with van der Waals surface area (Å²) < 4.78 is 5.52. The third-order valence-corrected chi connectivity index (χ3v) is 5.53. The molecule has 0 unspecified atom stereocenters. The van der Waals surface area contributed by atoms with Gasteiger partial charge in [0.1, 0.15) is 17.8 Å². The highest BCUT2D eigenvalue weighted by atomic mass is 16.5. The van der Waals surface area contributed by atoms with Crippen molar-refractivity contribution in [3.63, 3.8) is 0 Å². The van der Waals surface area contributed by atoms with E-state index in [1.54, 1.807) is 6.33 Å². The molecule has 1 amide bonds. The van der Waals surface area contributed by atoms with Crippen LogP contribution in [0.25, 0.3) is 11.0 Å². The van der Waals surface area contributed by atoms with Gasteiger partial charge in [0, 0.05) is 45.1 Å². The predicted molar refractivity (Wildman–Crippen MR) is 100 cm³/mol. The van der Waals surface area contributed by atoms with Crippen molar-refractivity contribution >= 4 is 22.8 Å². The molecular formula is C19H25N5O2. The number of rotatable bonds is 3. The molecule has 0 bridgehead atoms. The molecular weight excluding hydrogens is 330 g/mol. The van der Waals surface area contributed by atoms with E-state index >= 15 is 0 Å². The van der Waals surface area contributed by atoms with Gasteiger partial charge in [-0.2, -0.15) is 0 Å². The normalized spacial score (nSPS) is 22.0. The Balaban J connectivity index is 1.67. The first-order chi connectivity index (χ1) is 12.7. The first kappa shape index (κ1) is 17.0. The van der Waals surface area contributed by atoms with Crippen molar-refractivity contribution in [3.05, 3.63) is 30.7 Å². The van der Waals surface area contributed by atoms with Gasteiger partial charge in [0.05, 0.1) is 5.39 Å². The fourth-order valence-electron chi connectivity index (χ4n) is 4.12. The van der Waals surface area contributed by atoms with Gasteiger partial charge in [-0.25, -0.2) is 9.97 Å². The summed E-state index contributed by atoms with van der Waals surface area (Å²) in [6, 6.07) is 0.184. The van der Waals surface area contributed by atoms with Gasteiger partial charge in [-0.3, -0.25) is 4.79 Å². The molecule has 0 saturated carbocycles. The van der Waals surface area contributed by atoms with Gasteiger partial charge in [0.15, 0.2) is 0 Å². The Labute approximate surface area is 153 Å². The molecule has 7 heteroatoms. The zero-order valence-corrected chi connectivity index (χ0v) is 15.1. The number of hydrogen-bond acceptors (Lipinski definition) is 5. The quantitative estimate of drug-likeness (QED) is 0.853. The maximum atomic E-state index is 11.9. The Morgan fingerprint density at radius 3 is 2.88 bits per heavy atom. The standard InChI is InChI=1S/C19H25N5O2/c1-3-16(25)23-6-7-24(13(2)11-23)19-17-15(14-4-8-26-9-5-14)10-20-18(17)21-12-22-19/h3,10,12-14H,1,4-9,11H2,2H3,(H,20,21,22)/t13-/m1/s1. The zero-order valence-electron chi connectivity index (χ0n) is 15.1. The Kier molecular flexibility index (Phi) is 4.63. The van der Waals surface area contributed by atoms with Crippen LogP contribution in [0.15, 0.2) is 25.2 Å². The average molecular weight is 355 g/mol. The third kappa shape index (κ3) is 2.96. The van der Waals surface area contributed by atoms with Crippen molar-refractivity contribution in [2.24, 2.45) is 0 Å². The summed E-state index contributed by atoms with van der Waals surface area (Å²) >= 11 is 0. The molecule has 2 aromatic heterocycles. The lowest BCUT2D eigenvalue weighted by Crippen LogP contribution is -2.53.